The second kappa shape index (κ2) is 8.07. The first-order valence-electron chi connectivity index (χ1n) is 6.25. The first-order valence-corrected chi connectivity index (χ1v) is 7.24. The van der Waals surface area contributed by atoms with Gasteiger partial charge >= 0.3 is 0 Å². The average molecular weight is 283 g/mol. The number of rotatable bonds is 7. The number of carbonyl (C=O) groups is 1. The van der Waals surface area contributed by atoms with Crippen molar-refractivity contribution in [2.24, 2.45) is 0 Å². The SMILES string of the molecule is COc1ccc(SCC(=O)N(CCO)C(C)C)cc1. The second-order valence-corrected chi connectivity index (χ2v) is 5.42. The Kier molecular flexibility index (Phi) is 6.73. The van der Waals surface area contributed by atoms with Crippen molar-refractivity contribution in [3.8, 4) is 5.75 Å². The fraction of sp³-hybridized carbons (Fsp3) is 0.500. The average Bonchev–Trinajstić information content (AvgIpc) is 2.42. The van der Waals surface area contributed by atoms with Gasteiger partial charge in [0.2, 0.25) is 5.91 Å². The van der Waals surface area contributed by atoms with Gasteiger partial charge in [-0.2, -0.15) is 0 Å². The van der Waals surface area contributed by atoms with Gasteiger partial charge in [-0.1, -0.05) is 0 Å². The van der Waals surface area contributed by atoms with Crippen molar-refractivity contribution in [3.05, 3.63) is 24.3 Å². The molecule has 1 amide bonds. The molecule has 0 aliphatic heterocycles. The molecule has 4 nitrogen and oxygen atoms in total. The van der Waals surface area contributed by atoms with Crippen molar-refractivity contribution in [1.29, 1.82) is 0 Å². The van der Waals surface area contributed by atoms with Gasteiger partial charge in [0.15, 0.2) is 0 Å². The van der Waals surface area contributed by atoms with E-state index in [1.165, 1.54) is 11.8 Å². The molecular weight excluding hydrogens is 262 g/mol. The second-order valence-electron chi connectivity index (χ2n) is 4.37. The van der Waals surface area contributed by atoms with Crippen molar-refractivity contribution < 1.29 is 14.6 Å². The van der Waals surface area contributed by atoms with Crippen LogP contribution in [0.2, 0.25) is 0 Å². The number of aliphatic hydroxyl groups excluding tert-OH is 1. The van der Waals surface area contributed by atoms with E-state index in [9.17, 15) is 4.79 Å². The number of thioether (sulfide) groups is 1. The molecule has 0 atom stereocenters. The third-order valence-corrected chi connectivity index (χ3v) is 3.70. The standard InChI is InChI=1S/C14H21NO3S/c1-11(2)15(8-9-16)14(17)10-19-13-6-4-12(18-3)5-7-13/h4-7,11,16H,8-10H2,1-3H3. The molecule has 5 heteroatoms. The minimum Gasteiger partial charge on any atom is -0.497 e. The first kappa shape index (κ1) is 15.9. The summed E-state index contributed by atoms with van der Waals surface area (Å²) in [7, 11) is 1.63. The summed E-state index contributed by atoms with van der Waals surface area (Å²) in [5, 5.41) is 8.96. The Bertz CT molecular complexity index is 392. The molecule has 106 valence electrons. The summed E-state index contributed by atoms with van der Waals surface area (Å²) in [6, 6.07) is 7.73. The van der Waals surface area contributed by atoms with Crippen LogP contribution in [0.3, 0.4) is 0 Å². The zero-order valence-corrected chi connectivity index (χ0v) is 12.4. The summed E-state index contributed by atoms with van der Waals surface area (Å²) in [6.07, 6.45) is 0. The Morgan fingerprint density at radius 1 is 1.37 bits per heavy atom. The lowest BCUT2D eigenvalue weighted by Gasteiger charge is -2.25. The molecule has 0 saturated carbocycles. The summed E-state index contributed by atoms with van der Waals surface area (Å²) in [5.74, 6) is 1.23. The lowest BCUT2D eigenvalue weighted by Crippen LogP contribution is -2.40. The van der Waals surface area contributed by atoms with E-state index in [2.05, 4.69) is 0 Å². The Balaban J connectivity index is 2.52. The molecule has 0 heterocycles. The minimum absolute atomic E-state index is 0.00285. The van der Waals surface area contributed by atoms with Gasteiger partial charge in [-0.15, -0.1) is 11.8 Å². The molecule has 19 heavy (non-hydrogen) atoms. The van der Waals surface area contributed by atoms with E-state index < -0.39 is 0 Å². The fourth-order valence-electron chi connectivity index (χ4n) is 1.68. The van der Waals surface area contributed by atoms with Gasteiger partial charge in [0, 0.05) is 17.5 Å². The van der Waals surface area contributed by atoms with Crippen LogP contribution in [-0.4, -0.2) is 48.0 Å². The van der Waals surface area contributed by atoms with Crippen LogP contribution in [0.25, 0.3) is 0 Å². The molecule has 1 aromatic carbocycles. The normalized spacial score (nSPS) is 10.6. The molecule has 1 rings (SSSR count). The maximum absolute atomic E-state index is 12.0. The summed E-state index contributed by atoms with van der Waals surface area (Å²) < 4.78 is 5.08. The summed E-state index contributed by atoms with van der Waals surface area (Å²) in [5.41, 5.74) is 0. The van der Waals surface area contributed by atoms with Crippen molar-refractivity contribution >= 4 is 17.7 Å². The van der Waals surface area contributed by atoms with Crippen LogP contribution in [0.15, 0.2) is 29.2 Å². The molecule has 0 bridgehead atoms. The van der Waals surface area contributed by atoms with Crippen molar-refractivity contribution in [2.45, 2.75) is 24.8 Å². The lowest BCUT2D eigenvalue weighted by molar-refractivity contribution is -0.130. The number of amides is 1. The van der Waals surface area contributed by atoms with Crippen molar-refractivity contribution in [3.63, 3.8) is 0 Å². The number of hydrogen-bond donors (Lipinski definition) is 1. The van der Waals surface area contributed by atoms with Crippen LogP contribution in [0.1, 0.15) is 13.8 Å². The van der Waals surface area contributed by atoms with Crippen LogP contribution >= 0.6 is 11.8 Å². The molecule has 0 aromatic heterocycles. The van der Waals surface area contributed by atoms with Crippen LogP contribution in [0, 0.1) is 0 Å². The minimum atomic E-state index is -0.00285. The van der Waals surface area contributed by atoms with E-state index in [1.54, 1.807) is 12.0 Å². The van der Waals surface area contributed by atoms with E-state index in [4.69, 9.17) is 9.84 Å². The molecule has 1 aromatic rings. The number of benzene rings is 1. The molecule has 0 aliphatic carbocycles. The van der Waals surface area contributed by atoms with Crippen molar-refractivity contribution in [2.75, 3.05) is 26.0 Å². The Morgan fingerprint density at radius 3 is 2.47 bits per heavy atom. The summed E-state index contributed by atoms with van der Waals surface area (Å²) >= 11 is 1.49. The molecule has 0 unspecified atom stereocenters. The van der Waals surface area contributed by atoms with E-state index in [0.717, 1.165) is 10.6 Å². The largest absolute Gasteiger partial charge is 0.497 e. The van der Waals surface area contributed by atoms with Crippen LogP contribution in [0.5, 0.6) is 5.75 Å². The number of aliphatic hydroxyl groups is 1. The molecule has 0 spiro atoms. The molecule has 0 fully saturated rings. The highest BCUT2D eigenvalue weighted by molar-refractivity contribution is 8.00. The molecular formula is C14H21NO3S. The molecule has 0 aliphatic rings. The zero-order chi connectivity index (χ0) is 14.3. The van der Waals surface area contributed by atoms with Crippen molar-refractivity contribution in [1.82, 2.24) is 4.90 Å². The Hall–Kier alpha value is -1.20. The lowest BCUT2D eigenvalue weighted by atomic mass is 10.3. The Morgan fingerprint density at radius 2 is 2.00 bits per heavy atom. The summed E-state index contributed by atoms with van der Waals surface area (Å²) in [6.45, 7) is 4.29. The monoisotopic (exact) mass is 283 g/mol. The Labute approximate surface area is 118 Å². The molecule has 1 N–H and O–H groups in total. The maximum Gasteiger partial charge on any atom is 0.233 e. The predicted molar refractivity (Wildman–Crippen MR) is 77.7 cm³/mol. The highest BCUT2D eigenvalue weighted by Crippen LogP contribution is 2.21. The van der Waals surface area contributed by atoms with Crippen LogP contribution in [0.4, 0.5) is 0 Å². The zero-order valence-electron chi connectivity index (χ0n) is 11.6. The number of nitrogens with zero attached hydrogens (tertiary/aromatic N) is 1. The van der Waals surface area contributed by atoms with E-state index in [0.29, 0.717) is 12.3 Å². The topological polar surface area (TPSA) is 49.8 Å². The van der Waals surface area contributed by atoms with E-state index >= 15 is 0 Å². The van der Waals surface area contributed by atoms with Gasteiger partial charge in [-0.25, -0.2) is 0 Å². The number of carbonyl (C=O) groups excluding carboxylic acids is 1. The third kappa shape index (κ3) is 5.12. The predicted octanol–water partition coefficient (Wildman–Crippen LogP) is 2.02. The fourth-order valence-corrected chi connectivity index (χ4v) is 2.46. The maximum atomic E-state index is 12.0. The van der Waals surface area contributed by atoms with Crippen LogP contribution < -0.4 is 4.74 Å². The highest BCUT2D eigenvalue weighted by Gasteiger charge is 2.16. The smallest absolute Gasteiger partial charge is 0.233 e. The first-order chi connectivity index (χ1) is 9.08. The van der Waals surface area contributed by atoms with E-state index in [-0.39, 0.29) is 18.6 Å². The van der Waals surface area contributed by atoms with Gasteiger partial charge in [0.25, 0.3) is 0 Å². The summed E-state index contributed by atoms with van der Waals surface area (Å²) in [4.78, 5) is 14.8. The van der Waals surface area contributed by atoms with Gasteiger partial charge in [0.05, 0.1) is 19.5 Å². The van der Waals surface area contributed by atoms with Gasteiger partial charge < -0.3 is 14.7 Å². The quantitative estimate of drug-likeness (QED) is 0.778. The molecule has 0 saturated heterocycles. The van der Waals surface area contributed by atoms with Gasteiger partial charge in [0.1, 0.15) is 5.75 Å². The van der Waals surface area contributed by atoms with Gasteiger partial charge in [-0.3, -0.25) is 4.79 Å². The number of hydrogen-bond acceptors (Lipinski definition) is 4. The number of ether oxygens (including phenoxy) is 1. The number of methoxy groups -OCH3 is 1. The third-order valence-electron chi connectivity index (χ3n) is 2.71. The highest BCUT2D eigenvalue weighted by atomic mass is 32.2. The van der Waals surface area contributed by atoms with Gasteiger partial charge in [-0.05, 0) is 38.1 Å². The molecule has 0 radical (unpaired) electrons. The van der Waals surface area contributed by atoms with E-state index in [1.807, 2.05) is 38.1 Å². The van der Waals surface area contributed by atoms with Crippen LogP contribution in [-0.2, 0) is 4.79 Å².